The van der Waals surface area contributed by atoms with E-state index in [0.29, 0.717) is 19.0 Å². The third kappa shape index (κ3) is 5.60. The van der Waals surface area contributed by atoms with Gasteiger partial charge < -0.3 is 14.7 Å². The molecule has 6 heteroatoms. The van der Waals surface area contributed by atoms with Crippen molar-refractivity contribution in [1.82, 2.24) is 4.90 Å². The summed E-state index contributed by atoms with van der Waals surface area (Å²) in [5.41, 5.74) is 0.974. The lowest BCUT2D eigenvalue weighted by atomic mass is 10.0. The summed E-state index contributed by atoms with van der Waals surface area (Å²) in [6.07, 6.45) is 1.70. The Morgan fingerprint density at radius 2 is 2.09 bits per heavy atom. The molecule has 0 aromatic heterocycles. The monoisotopic (exact) mass is 323 g/mol. The molecule has 120 valence electrons. The third-order valence-corrected chi connectivity index (χ3v) is 4.72. The van der Waals surface area contributed by atoms with E-state index in [1.165, 1.54) is 11.8 Å². The van der Waals surface area contributed by atoms with Crippen molar-refractivity contribution in [2.45, 2.75) is 19.4 Å². The molecule has 0 saturated carbocycles. The number of carboxylic acid groups (broad SMARTS) is 1. The molecule has 0 spiro atoms. The number of piperidine rings is 1. The fraction of sp³-hybridized carbons (Fsp3) is 0.500. The van der Waals surface area contributed by atoms with Crippen LogP contribution in [0.5, 0.6) is 0 Å². The molecule has 1 atom stereocenters. The van der Waals surface area contributed by atoms with Gasteiger partial charge in [0.25, 0.3) is 0 Å². The highest BCUT2D eigenvalue weighted by Crippen LogP contribution is 2.21. The fourth-order valence-corrected chi connectivity index (χ4v) is 3.39. The summed E-state index contributed by atoms with van der Waals surface area (Å²) in [7, 11) is 0. The van der Waals surface area contributed by atoms with Gasteiger partial charge in [-0.15, -0.1) is 11.8 Å². The number of likely N-dealkylation sites (tertiary alicyclic amines) is 1. The van der Waals surface area contributed by atoms with E-state index in [9.17, 15) is 9.59 Å². The normalized spacial score (nSPS) is 18.0. The van der Waals surface area contributed by atoms with Crippen LogP contribution in [0.2, 0.25) is 0 Å². The Labute approximate surface area is 134 Å². The summed E-state index contributed by atoms with van der Waals surface area (Å²) in [6.45, 7) is 1.66. The molecule has 0 aliphatic carbocycles. The highest BCUT2D eigenvalue weighted by Gasteiger charge is 2.24. The molecule has 1 heterocycles. The van der Waals surface area contributed by atoms with Crippen molar-refractivity contribution < 1.29 is 19.4 Å². The molecule has 0 radical (unpaired) electrons. The van der Waals surface area contributed by atoms with Crippen molar-refractivity contribution in [2.24, 2.45) is 5.92 Å². The molecule has 1 aliphatic heterocycles. The van der Waals surface area contributed by atoms with E-state index in [0.717, 1.165) is 24.2 Å². The second-order valence-corrected chi connectivity index (χ2v) is 6.43. The van der Waals surface area contributed by atoms with Gasteiger partial charge in [0.1, 0.15) is 6.61 Å². The number of amides is 1. The van der Waals surface area contributed by atoms with Gasteiger partial charge in [-0.05, 0) is 30.1 Å². The highest BCUT2D eigenvalue weighted by molar-refractivity contribution is 7.99. The first-order valence-corrected chi connectivity index (χ1v) is 8.56. The quantitative estimate of drug-likeness (QED) is 0.872. The Bertz CT molecular complexity index is 494. The average molecular weight is 323 g/mol. The number of aliphatic carboxylic acids is 1. The van der Waals surface area contributed by atoms with E-state index in [1.54, 1.807) is 4.90 Å². The minimum absolute atomic E-state index is 0.120. The first-order valence-electron chi connectivity index (χ1n) is 7.40. The zero-order valence-corrected chi connectivity index (χ0v) is 13.3. The van der Waals surface area contributed by atoms with E-state index in [2.05, 4.69) is 0 Å². The molecule has 1 amide bonds. The molecule has 5 nitrogen and oxygen atoms in total. The van der Waals surface area contributed by atoms with E-state index in [4.69, 9.17) is 9.84 Å². The van der Waals surface area contributed by atoms with Crippen molar-refractivity contribution in [1.29, 1.82) is 0 Å². The predicted molar refractivity (Wildman–Crippen MR) is 85.9 cm³/mol. The van der Waals surface area contributed by atoms with Crippen LogP contribution in [0.1, 0.15) is 18.4 Å². The summed E-state index contributed by atoms with van der Waals surface area (Å²) in [5, 5.41) is 8.66. The summed E-state index contributed by atoms with van der Waals surface area (Å²) >= 11 is 1.41. The lowest BCUT2D eigenvalue weighted by Gasteiger charge is -2.31. The van der Waals surface area contributed by atoms with Crippen LogP contribution in [0.4, 0.5) is 4.79 Å². The Morgan fingerprint density at radius 3 is 2.82 bits per heavy atom. The Kier molecular flexibility index (Phi) is 6.58. The van der Waals surface area contributed by atoms with Gasteiger partial charge in [-0.1, -0.05) is 30.3 Å². The summed E-state index contributed by atoms with van der Waals surface area (Å²) in [5.74, 6) is 0.450. The van der Waals surface area contributed by atoms with E-state index >= 15 is 0 Å². The van der Waals surface area contributed by atoms with Gasteiger partial charge in [0.2, 0.25) is 0 Å². The maximum atomic E-state index is 12.1. The number of hydrogen-bond donors (Lipinski definition) is 1. The van der Waals surface area contributed by atoms with Crippen LogP contribution in [0.15, 0.2) is 30.3 Å². The van der Waals surface area contributed by atoms with Gasteiger partial charge in [-0.3, -0.25) is 4.79 Å². The smallest absolute Gasteiger partial charge is 0.410 e. The van der Waals surface area contributed by atoms with Crippen LogP contribution in [0.25, 0.3) is 0 Å². The maximum absolute atomic E-state index is 12.1. The molecule has 0 unspecified atom stereocenters. The molecule has 22 heavy (non-hydrogen) atoms. The van der Waals surface area contributed by atoms with Gasteiger partial charge in [-0.25, -0.2) is 4.79 Å². The molecule has 1 aromatic rings. The number of ether oxygens (including phenoxy) is 1. The number of carbonyl (C=O) groups is 2. The highest BCUT2D eigenvalue weighted by atomic mass is 32.2. The van der Waals surface area contributed by atoms with Crippen LogP contribution in [0, 0.1) is 5.92 Å². The van der Waals surface area contributed by atoms with Gasteiger partial charge >= 0.3 is 12.1 Å². The van der Waals surface area contributed by atoms with E-state index < -0.39 is 5.97 Å². The van der Waals surface area contributed by atoms with Crippen LogP contribution in [-0.2, 0) is 16.1 Å². The van der Waals surface area contributed by atoms with Crippen molar-refractivity contribution in [3.05, 3.63) is 35.9 Å². The molecule has 1 aromatic carbocycles. The largest absolute Gasteiger partial charge is 0.481 e. The molecule has 1 N–H and O–H groups in total. The SMILES string of the molecule is O=C(O)CSC[C@H]1CCCN(C(=O)OCc2ccccc2)C1. The van der Waals surface area contributed by atoms with Crippen LogP contribution in [0.3, 0.4) is 0 Å². The van der Waals surface area contributed by atoms with Gasteiger partial charge in [0.05, 0.1) is 5.75 Å². The second-order valence-electron chi connectivity index (χ2n) is 5.40. The number of carboxylic acids is 1. The topological polar surface area (TPSA) is 66.8 Å². The molecular formula is C16H21NO4S. The minimum Gasteiger partial charge on any atom is -0.481 e. The summed E-state index contributed by atoms with van der Waals surface area (Å²) in [6, 6.07) is 9.61. The zero-order valence-electron chi connectivity index (χ0n) is 12.4. The predicted octanol–water partition coefficient (Wildman–Crippen LogP) is 2.85. The number of hydrogen-bond acceptors (Lipinski definition) is 4. The van der Waals surface area contributed by atoms with Gasteiger partial charge in [0.15, 0.2) is 0 Å². The molecule has 2 rings (SSSR count). The van der Waals surface area contributed by atoms with E-state index in [-0.39, 0.29) is 18.5 Å². The Morgan fingerprint density at radius 1 is 1.32 bits per heavy atom. The lowest BCUT2D eigenvalue weighted by molar-refractivity contribution is -0.133. The first kappa shape index (κ1) is 16.7. The average Bonchev–Trinajstić information content (AvgIpc) is 2.53. The van der Waals surface area contributed by atoms with E-state index in [1.807, 2.05) is 30.3 Å². The molecule has 0 bridgehead atoms. The standard InChI is InChI=1S/C16H21NO4S/c18-15(19)12-22-11-14-7-4-8-17(9-14)16(20)21-10-13-5-2-1-3-6-13/h1-3,5-6,14H,4,7-12H2,(H,18,19)/t14-/m0/s1. The van der Waals surface area contributed by atoms with Crippen LogP contribution >= 0.6 is 11.8 Å². The van der Waals surface area contributed by atoms with Crippen molar-refractivity contribution in [3.63, 3.8) is 0 Å². The number of thioether (sulfide) groups is 1. The van der Waals surface area contributed by atoms with Crippen LogP contribution in [-0.4, -0.2) is 46.7 Å². The number of benzene rings is 1. The first-order chi connectivity index (χ1) is 10.6. The number of nitrogens with zero attached hydrogens (tertiary/aromatic N) is 1. The van der Waals surface area contributed by atoms with Crippen molar-refractivity contribution in [2.75, 3.05) is 24.6 Å². The van der Waals surface area contributed by atoms with Crippen molar-refractivity contribution in [3.8, 4) is 0 Å². The molecular weight excluding hydrogens is 302 g/mol. The van der Waals surface area contributed by atoms with Crippen molar-refractivity contribution >= 4 is 23.8 Å². The molecule has 1 aliphatic rings. The molecule has 1 fully saturated rings. The Balaban J connectivity index is 1.73. The van der Waals surface area contributed by atoms with Gasteiger partial charge in [-0.2, -0.15) is 0 Å². The molecule has 1 saturated heterocycles. The minimum atomic E-state index is -0.792. The summed E-state index contributed by atoms with van der Waals surface area (Å²) < 4.78 is 5.34. The van der Waals surface area contributed by atoms with Gasteiger partial charge in [0, 0.05) is 13.1 Å². The third-order valence-electron chi connectivity index (χ3n) is 3.56. The number of carbonyl (C=O) groups excluding carboxylic acids is 1. The number of rotatable bonds is 6. The zero-order chi connectivity index (χ0) is 15.8. The summed E-state index contributed by atoms with van der Waals surface area (Å²) in [4.78, 5) is 24.4. The fourth-order valence-electron chi connectivity index (χ4n) is 2.49. The Hall–Kier alpha value is -1.69. The van der Waals surface area contributed by atoms with Crippen LogP contribution < -0.4 is 0 Å². The lowest BCUT2D eigenvalue weighted by Crippen LogP contribution is -2.40. The maximum Gasteiger partial charge on any atom is 0.410 e. The second kappa shape index (κ2) is 8.68.